The maximum Gasteiger partial charge on any atom is 0.336 e. The number of anilines is 2. The van der Waals surface area contributed by atoms with Crippen LogP contribution in [0.25, 0.3) is 6.08 Å². The summed E-state index contributed by atoms with van der Waals surface area (Å²) >= 11 is 0. The molecule has 2 heterocycles. The number of carbonyl (C=O) groups is 3. The van der Waals surface area contributed by atoms with Crippen molar-refractivity contribution >= 4 is 35.5 Å². The summed E-state index contributed by atoms with van der Waals surface area (Å²) < 4.78 is 19.7. The molecule has 4 amide bonds. The maximum atomic E-state index is 14.0. The van der Waals surface area contributed by atoms with E-state index >= 15 is 0 Å². The quantitative estimate of drug-likeness (QED) is 0.645. The van der Waals surface area contributed by atoms with Crippen LogP contribution in [-0.4, -0.2) is 30.9 Å². The molecule has 0 bridgehead atoms. The lowest BCUT2D eigenvalue weighted by molar-refractivity contribution is -0.122. The third-order valence-corrected chi connectivity index (χ3v) is 4.17. The van der Waals surface area contributed by atoms with Gasteiger partial charge in [0.1, 0.15) is 17.2 Å². The van der Waals surface area contributed by atoms with Crippen LogP contribution in [0.3, 0.4) is 0 Å². The second-order valence-corrected chi connectivity index (χ2v) is 5.76. The zero-order valence-corrected chi connectivity index (χ0v) is 14.9. The predicted molar refractivity (Wildman–Crippen MR) is 97.7 cm³/mol. The molecule has 2 aromatic rings. The number of furan rings is 1. The third-order valence-electron chi connectivity index (χ3n) is 4.17. The zero-order valence-electron chi connectivity index (χ0n) is 14.9. The molecule has 1 aliphatic rings. The molecular weight excluding hydrogens is 353 g/mol. The Kier molecular flexibility index (Phi) is 5.07. The standard InChI is InChI=1S/C19H18FN3O4/c1-3-22(4-2)16-10-9-12(27-16)11-13-17(24)21-19(26)23(18(13)25)15-8-6-5-7-14(15)20/h5-11H,3-4H2,1-2H3,(H,21,24,26). The Labute approximate surface area is 155 Å². The first kappa shape index (κ1) is 18.4. The number of nitrogens with one attached hydrogen (secondary N) is 1. The van der Waals surface area contributed by atoms with Crippen LogP contribution in [0.15, 0.2) is 46.4 Å². The van der Waals surface area contributed by atoms with Gasteiger partial charge in [-0.2, -0.15) is 0 Å². The normalized spacial score (nSPS) is 16.0. The predicted octanol–water partition coefficient (Wildman–Crippen LogP) is 2.93. The smallest absolute Gasteiger partial charge is 0.336 e. The van der Waals surface area contributed by atoms with Crippen LogP contribution in [0.1, 0.15) is 19.6 Å². The zero-order chi connectivity index (χ0) is 19.6. The van der Waals surface area contributed by atoms with E-state index in [1.165, 1.54) is 24.3 Å². The summed E-state index contributed by atoms with van der Waals surface area (Å²) in [5, 5.41) is 2.05. The molecule has 7 nitrogen and oxygen atoms in total. The molecule has 1 N–H and O–H groups in total. The van der Waals surface area contributed by atoms with E-state index in [0.717, 1.165) is 19.2 Å². The lowest BCUT2D eigenvalue weighted by Crippen LogP contribution is -2.54. The van der Waals surface area contributed by atoms with Gasteiger partial charge in [0.25, 0.3) is 11.8 Å². The molecule has 1 aliphatic heterocycles. The van der Waals surface area contributed by atoms with E-state index < -0.39 is 23.7 Å². The Hall–Kier alpha value is -3.42. The fraction of sp³-hybridized carbons (Fsp3) is 0.211. The van der Waals surface area contributed by atoms with Crippen molar-refractivity contribution in [2.24, 2.45) is 0 Å². The van der Waals surface area contributed by atoms with Crippen LogP contribution in [0.4, 0.5) is 20.8 Å². The van der Waals surface area contributed by atoms with Gasteiger partial charge in [-0.1, -0.05) is 12.1 Å². The van der Waals surface area contributed by atoms with Crippen molar-refractivity contribution in [1.29, 1.82) is 0 Å². The molecular formula is C19H18FN3O4. The molecule has 0 spiro atoms. The van der Waals surface area contributed by atoms with Crippen molar-refractivity contribution in [1.82, 2.24) is 5.32 Å². The number of rotatable bonds is 5. The van der Waals surface area contributed by atoms with Gasteiger partial charge in [0.05, 0.1) is 5.69 Å². The summed E-state index contributed by atoms with van der Waals surface area (Å²) in [6.07, 6.45) is 1.24. The van der Waals surface area contributed by atoms with Gasteiger partial charge >= 0.3 is 6.03 Å². The van der Waals surface area contributed by atoms with Gasteiger partial charge in [-0.3, -0.25) is 14.9 Å². The van der Waals surface area contributed by atoms with Crippen LogP contribution >= 0.6 is 0 Å². The van der Waals surface area contributed by atoms with E-state index in [1.807, 2.05) is 24.1 Å². The second-order valence-electron chi connectivity index (χ2n) is 5.76. The van der Waals surface area contributed by atoms with Gasteiger partial charge in [0.15, 0.2) is 5.88 Å². The first-order valence-corrected chi connectivity index (χ1v) is 8.47. The molecule has 27 heavy (non-hydrogen) atoms. The van der Waals surface area contributed by atoms with Crippen molar-refractivity contribution in [3.8, 4) is 0 Å². The number of urea groups is 1. The molecule has 0 saturated carbocycles. The van der Waals surface area contributed by atoms with E-state index in [4.69, 9.17) is 4.42 Å². The lowest BCUT2D eigenvalue weighted by atomic mass is 10.1. The first-order valence-electron chi connectivity index (χ1n) is 8.47. The summed E-state index contributed by atoms with van der Waals surface area (Å²) in [6.45, 7) is 5.41. The summed E-state index contributed by atoms with van der Waals surface area (Å²) in [6, 6.07) is 7.67. The third kappa shape index (κ3) is 3.46. The highest BCUT2D eigenvalue weighted by Crippen LogP contribution is 2.26. The van der Waals surface area contributed by atoms with Crippen LogP contribution in [0.5, 0.6) is 0 Å². The van der Waals surface area contributed by atoms with Gasteiger partial charge < -0.3 is 9.32 Å². The van der Waals surface area contributed by atoms with Gasteiger partial charge in [-0.25, -0.2) is 14.1 Å². The SMILES string of the molecule is CCN(CC)c1ccc(C=C2C(=O)NC(=O)N(c3ccccc3F)C2=O)o1. The monoisotopic (exact) mass is 371 g/mol. The lowest BCUT2D eigenvalue weighted by Gasteiger charge is -2.26. The number of hydrogen-bond acceptors (Lipinski definition) is 5. The number of barbiturate groups is 1. The fourth-order valence-corrected chi connectivity index (χ4v) is 2.78. The van der Waals surface area contributed by atoms with Crippen molar-refractivity contribution < 1.29 is 23.2 Å². The topological polar surface area (TPSA) is 82.9 Å². The molecule has 1 saturated heterocycles. The Balaban J connectivity index is 1.96. The van der Waals surface area contributed by atoms with Crippen LogP contribution in [0, 0.1) is 5.82 Å². The molecule has 1 fully saturated rings. The fourth-order valence-electron chi connectivity index (χ4n) is 2.78. The van der Waals surface area contributed by atoms with E-state index in [0.29, 0.717) is 10.8 Å². The highest BCUT2D eigenvalue weighted by atomic mass is 19.1. The van der Waals surface area contributed by atoms with Gasteiger partial charge in [-0.05, 0) is 38.1 Å². The number of halogens is 1. The van der Waals surface area contributed by atoms with Crippen molar-refractivity contribution in [2.45, 2.75) is 13.8 Å². The number of carbonyl (C=O) groups excluding carboxylic acids is 3. The van der Waals surface area contributed by atoms with Crippen molar-refractivity contribution in [3.05, 3.63) is 53.5 Å². The van der Waals surface area contributed by atoms with Gasteiger partial charge in [0.2, 0.25) is 0 Å². The van der Waals surface area contributed by atoms with Crippen LogP contribution in [-0.2, 0) is 9.59 Å². The molecule has 0 unspecified atom stereocenters. The van der Waals surface area contributed by atoms with E-state index in [2.05, 4.69) is 0 Å². The minimum atomic E-state index is -1.00. The summed E-state index contributed by atoms with van der Waals surface area (Å²) in [4.78, 5) is 39.5. The van der Waals surface area contributed by atoms with Crippen molar-refractivity contribution in [3.63, 3.8) is 0 Å². The maximum absolute atomic E-state index is 14.0. The molecule has 0 aliphatic carbocycles. The van der Waals surface area contributed by atoms with E-state index in [-0.39, 0.29) is 17.0 Å². The number of benzene rings is 1. The average Bonchev–Trinajstić information content (AvgIpc) is 3.09. The summed E-state index contributed by atoms with van der Waals surface area (Å²) in [5.74, 6) is -1.67. The minimum Gasteiger partial charge on any atom is -0.441 e. The highest BCUT2D eigenvalue weighted by molar-refractivity contribution is 6.39. The van der Waals surface area contributed by atoms with E-state index in [1.54, 1.807) is 12.1 Å². The Morgan fingerprint density at radius 2 is 1.81 bits per heavy atom. The average molecular weight is 371 g/mol. The molecule has 1 aromatic heterocycles. The molecule has 140 valence electrons. The second kappa shape index (κ2) is 7.45. The van der Waals surface area contributed by atoms with Crippen LogP contribution < -0.4 is 15.1 Å². The Morgan fingerprint density at radius 3 is 2.48 bits per heavy atom. The largest absolute Gasteiger partial charge is 0.441 e. The highest BCUT2D eigenvalue weighted by Gasteiger charge is 2.38. The number of imide groups is 2. The van der Waals surface area contributed by atoms with Gasteiger partial charge in [0, 0.05) is 19.2 Å². The first-order chi connectivity index (χ1) is 13.0. The van der Waals surface area contributed by atoms with Crippen molar-refractivity contribution in [2.75, 3.05) is 22.9 Å². The number of amides is 4. The van der Waals surface area contributed by atoms with Gasteiger partial charge in [-0.15, -0.1) is 0 Å². The van der Waals surface area contributed by atoms with Crippen LogP contribution in [0.2, 0.25) is 0 Å². The Morgan fingerprint density at radius 1 is 1.11 bits per heavy atom. The Bertz CT molecular complexity index is 931. The summed E-state index contributed by atoms with van der Waals surface area (Å²) in [5.41, 5.74) is -0.556. The molecule has 8 heteroatoms. The molecule has 1 aromatic carbocycles. The minimum absolute atomic E-state index is 0.235. The van der Waals surface area contributed by atoms with E-state index in [9.17, 15) is 18.8 Å². The molecule has 0 radical (unpaired) electrons. The number of para-hydroxylation sites is 1. The summed E-state index contributed by atoms with van der Waals surface area (Å²) in [7, 11) is 0. The molecule has 3 rings (SSSR count). The number of hydrogen-bond donors (Lipinski definition) is 1. The number of nitrogens with zero attached hydrogens (tertiary/aromatic N) is 2. The molecule has 0 atom stereocenters.